The first-order valence-corrected chi connectivity index (χ1v) is 25.5. The van der Waals surface area contributed by atoms with Crippen molar-refractivity contribution in [2.45, 2.75) is 57.7 Å². The smallest absolute Gasteiger partial charge is 0.283 e. The lowest BCUT2D eigenvalue weighted by Crippen LogP contribution is -2.54. The van der Waals surface area contributed by atoms with Crippen LogP contribution in [0, 0.1) is 5.92 Å². The van der Waals surface area contributed by atoms with Crippen molar-refractivity contribution in [2.24, 2.45) is 5.92 Å². The number of piperidine rings is 2. The second kappa shape index (κ2) is 24.2. The van der Waals surface area contributed by atoms with Crippen molar-refractivity contribution >= 4 is 75.1 Å². The van der Waals surface area contributed by atoms with Crippen LogP contribution in [-0.2, 0) is 35.2 Å². The van der Waals surface area contributed by atoms with Gasteiger partial charge in [-0.25, -0.2) is 4.39 Å². The van der Waals surface area contributed by atoms with E-state index in [1.807, 2.05) is 36.4 Å². The molecule has 0 bridgehead atoms. The highest BCUT2D eigenvalue weighted by atomic mass is 19.1. The van der Waals surface area contributed by atoms with Crippen LogP contribution in [-0.4, -0.2) is 153 Å². The second-order valence-corrected chi connectivity index (χ2v) is 19.2. The predicted molar refractivity (Wildman–Crippen MR) is 284 cm³/mol. The summed E-state index contributed by atoms with van der Waals surface area (Å²) in [5.41, 5.74) is 5.08. The Morgan fingerprint density at radius 1 is 0.922 bits per heavy atom. The van der Waals surface area contributed by atoms with E-state index in [0.29, 0.717) is 69.2 Å². The van der Waals surface area contributed by atoms with E-state index < -0.39 is 47.5 Å². The fourth-order valence-corrected chi connectivity index (χ4v) is 9.63. The first kappa shape index (κ1) is 53.6. The maximum atomic E-state index is 13.4. The summed E-state index contributed by atoms with van der Waals surface area (Å²) in [6, 6.07) is 18.6. The van der Waals surface area contributed by atoms with Crippen LogP contribution < -0.4 is 31.9 Å². The number of benzene rings is 3. The molecule has 3 aromatic carbocycles. The average Bonchev–Trinajstić information content (AvgIpc) is 4.00. The van der Waals surface area contributed by atoms with Crippen molar-refractivity contribution in [1.82, 2.24) is 45.0 Å². The third-order valence-electron chi connectivity index (χ3n) is 13.7. The van der Waals surface area contributed by atoms with Crippen molar-refractivity contribution in [2.75, 3.05) is 87.0 Å². The van der Waals surface area contributed by atoms with Crippen LogP contribution in [0.1, 0.15) is 70.9 Å². The number of likely N-dealkylation sites (tertiary alicyclic amines) is 1. The maximum absolute atomic E-state index is 13.4. The standard InChI is InChI=1S/C54H60FN13O9/c1-31(2)40-28-61-68-48(40)64-53(65-54(68)60-26-34-7-4-5-8-37(34)47-38-12-11-36(62-49(72)32(3)55)25-33(38)15-17-57-47)59-27-35-16-19-66(30-43(35)69)20-22-77-24-23-76-21-18-56-45(71)29-58-41-10-6-9-39-46(41)52(75)67(51(39)74)42-13-14-44(70)63-50(42)73/h4-12,15,17,25,28,31,35,42-43,58,69H,3,13-14,16,18-24,26-27,29-30H2,1-2H3,(H,56,71)(H,62,72)(H,63,70,73)(H2,59,60,64,65)/t35-,42?,43+/m1/s1. The number of ether oxygens (including phenoxy) is 2. The summed E-state index contributed by atoms with van der Waals surface area (Å²) in [5, 5.41) is 34.8. The summed E-state index contributed by atoms with van der Waals surface area (Å²) in [5.74, 6) is -3.82. The molecule has 3 atom stereocenters. The van der Waals surface area contributed by atoms with Crippen LogP contribution >= 0.6 is 0 Å². The molecule has 1 unspecified atom stereocenters. The van der Waals surface area contributed by atoms with Crippen molar-refractivity contribution in [1.29, 1.82) is 0 Å². The molecular weight excluding hydrogens is 994 g/mol. The fraction of sp³-hybridized carbons (Fsp3) is 0.370. The highest BCUT2D eigenvalue weighted by molar-refractivity contribution is 6.25. The number of amides is 6. The van der Waals surface area contributed by atoms with Gasteiger partial charge in [-0.05, 0) is 66.6 Å². The number of β-amino-alcohol motifs (C(OH)–C–C–N with tert-alkyl or cyclic N) is 1. The first-order chi connectivity index (χ1) is 37.2. The van der Waals surface area contributed by atoms with E-state index in [2.05, 4.69) is 62.3 Å². The zero-order chi connectivity index (χ0) is 54.2. The highest BCUT2D eigenvalue weighted by Gasteiger charge is 2.45. The summed E-state index contributed by atoms with van der Waals surface area (Å²) in [6.45, 7) is 11.3. The number of aromatic nitrogens is 5. The van der Waals surface area contributed by atoms with E-state index in [1.54, 1.807) is 41.2 Å². The van der Waals surface area contributed by atoms with Crippen molar-refractivity contribution in [3.05, 3.63) is 114 Å². The Balaban J connectivity index is 0.694. The van der Waals surface area contributed by atoms with Crippen molar-refractivity contribution in [3.8, 4) is 11.3 Å². The number of hydrogen-bond donors (Lipinski definition) is 7. The molecule has 77 heavy (non-hydrogen) atoms. The number of aliphatic hydroxyl groups excluding tert-OH is 1. The zero-order valence-corrected chi connectivity index (χ0v) is 42.6. The Hall–Kier alpha value is -8.25. The number of nitrogens with zero attached hydrogens (tertiary/aromatic N) is 7. The fourth-order valence-electron chi connectivity index (χ4n) is 9.63. The van der Waals surface area contributed by atoms with Crippen LogP contribution in [0.4, 0.5) is 27.7 Å². The van der Waals surface area contributed by atoms with Gasteiger partial charge in [-0.15, -0.1) is 0 Å². The predicted octanol–water partition coefficient (Wildman–Crippen LogP) is 4.25. The minimum atomic E-state index is -1.09. The molecule has 3 aliphatic rings. The van der Waals surface area contributed by atoms with Crippen LogP contribution in [0.25, 0.3) is 27.7 Å². The van der Waals surface area contributed by atoms with Crippen LogP contribution in [0.3, 0.4) is 0 Å². The van der Waals surface area contributed by atoms with Gasteiger partial charge in [0.05, 0.1) is 62.1 Å². The summed E-state index contributed by atoms with van der Waals surface area (Å²) >= 11 is 0. The minimum absolute atomic E-state index is 0.0118. The van der Waals surface area contributed by atoms with Crippen molar-refractivity contribution < 1.29 is 47.7 Å². The molecule has 6 heterocycles. The molecule has 7 N–H and O–H groups in total. The Morgan fingerprint density at radius 3 is 2.52 bits per heavy atom. The number of aliphatic hydroxyl groups is 1. The quantitative estimate of drug-likeness (QED) is 0.0268. The summed E-state index contributed by atoms with van der Waals surface area (Å²) < 4.78 is 26.5. The van der Waals surface area contributed by atoms with E-state index in [-0.39, 0.29) is 67.1 Å². The molecule has 0 spiro atoms. The van der Waals surface area contributed by atoms with Gasteiger partial charge in [-0.3, -0.25) is 48.9 Å². The summed E-state index contributed by atoms with van der Waals surface area (Å²) in [7, 11) is 0. The lowest BCUT2D eigenvalue weighted by atomic mass is 9.94. The van der Waals surface area contributed by atoms with Gasteiger partial charge in [0.2, 0.25) is 29.6 Å². The van der Waals surface area contributed by atoms with Crippen LogP contribution in [0.5, 0.6) is 0 Å². The van der Waals surface area contributed by atoms with Crippen LogP contribution in [0.15, 0.2) is 91.5 Å². The Labute approximate surface area is 442 Å². The largest absolute Gasteiger partial charge is 0.391 e. The highest BCUT2D eigenvalue weighted by Crippen LogP contribution is 2.34. The molecule has 2 fully saturated rings. The molecule has 3 aliphatic heterocycles. The Morgan fingerprint density at radius 2 is 1.73 bits per heavy atom. The van der Waals surface area contributed by atoms with Crippen molar-refractivity contribution in [3.63, 3.8) is 0 Å². The van der Waals surface area contributed by atoms with Gasteiger partial charge < -0.3 is 41.2 Å². The average molecular weight is 1050 g/mol. The maximum Gasteiger partial charge on any atom is 0.283 e. The molecule has 0 aliphatic carbocycles. The van der Waals surface area contributed by atoms with Gasteiger partial charge in [0.1, 0.15) is 6.04 Å². The Kier molecular flexibility index (Phi) is 16.8. The number of imide groups is 2. The van der Waals surface area contributed by atoms with E-state index in [0.717, 1.165) is 51.0 Å². The molecule has 2 saturated heterocycles. The summed E-state index contributed by atoms with van der Waals surface area (Å²) in [6.07, 6.45) is 3.70. The number of halogens is 1. The van der Waals surface area contributed by atoms with E-state index in [9.17, 15) is 38.3 Å². The monoisotopic (exact) mass is 1050 g/mol. The van der Waals surface area contributed by atoms with Gasteiger partial charge in [-0.2, -0.15) is 19.6 Å². The third-order valence-corrected chi connectivity index (χ3v) is 13.7. The molecular formula is C54H60FN13O9. The lowest BCUT2D eigenvalue weighted by Gasteiger charge is -2.35. The third kappa shape index (κ3) is 12.4. The summed E-state index contributed by atoms with van der Waals surface area (Å²) in [4.78, 5) is 92.5. The zero-order valence-electron chi connectivity index (χ0n) is 42.6. The number of hydrogen-bond acceptors (Lipinski definition) is 17. The molecule has 402 valence electrons. The number of nitrogens with one attached hydrogen (secondary N) is 6. The molecule has 23 heteroatoms. The normalized spacial score (nSPS) is 17.7. The number of carbonyl (C=O) groups excluding carboxylic acids is 6. The SMILES string of the molecule is C=C(F)C(=O)Nc1ccc2c(-c3ccccc3CNc3nc(NC[C@H]4CCN(CCOCCOCCNC(=O)CNc5cccc6c5C(=O)N(C5CCC(=O)NC5=O)C6=O)C[C@@H]4O)nc4c(C(C)C)cnn34)nccc2c1. The topological polar surface area (TPSA) is 276 Å². The van der Waals surface area contributed by atoms with Gasteiger partial charge in [0, 0.05) is 79.1 Å². The molecule has 0 saturated carbocycles. The van der Waals surface area contributed by atoms with Gasteiger partial charge >= 0.3 is 0 Å². The van der Waals surface area contributed by atoms with Crippen LogP contribution in [0.2, 0.25) is 0 Å². The number of carbonyl (C=O) groups is 6. The van der Waals surface area contributed by atoms with Gasteiger partial charge in [0.25, 0.3) is 17.7 Å². The number of anilines is 4. The minimum Gasteiger partial charge on any atom is -0.391 e. The molecule has 6 aromatic rings. The molecule has 3 aromatic heterocycles. The number of fused-ring (bicyclic) bond motifs is 3. The van der Waals surface area contributed by atoms with Gasteiger partial charge in [0.15, 0.2) is 11.5 Å². The van der Waals surface area contributed by atoms with E-state index in [1.165, 1.54) is 6.07 Å². The molecule has 0 radical (unpaired) electrons. The second-order valence-electron chi connectivity index (χ2n) is 19.2. The Bertz CT molecular complexity index is 3240. The van der Waals surface area contributed by atoms with E-state index in [4.69, 9.17) is 24.4 Å². The molecule has 9 rings (SSSR count). The lowest BCUT2D eigenvalue weighted by molar-refractivity contribution is -0.136. The van der Waals surface area contributed by atoms with E-state index >= 15 is 0 Å². The molecule has 6 amide bonds. The van der Waals surface area contributed by atoms with Gasteiger partial charge in [-0.1, -0.05) is 56.8 Å². The first-order valence-electron chi connectivity index (χ1n) is 25.5. The number of pyridine rings is 1. The molecule has 22 nitrogen and oxygen atoms in total. The number of rotatable bonds is 23.